The van der Waals surface area contributed by atoms with E-state index in [9.17, 15) is 9.59 Å². The molecule has 0 bridgehead atoms. The molecule has 0 radical (unpaired) electrons. The first-order chi connectivity index (χ1) is 10.7. The van der Waals surface area contributed by atoms with Crippen LogP contribution in [0.4, 0.5) is 4.79 Å². The van der Waals surface area contributed by atoms with Gasteiger partial charge < -0.3 is 14.5 Å². The van der Waals surface area contributed by atoms with Crippen molar-refractivity contribution >= 4 is 20.3 Å². The number of hydrogen-bond acceptors (Lipinski definition) is 4. The van der Waals surface area contributed by atoms with Gasteiger partial charge in [-0.25, -0.2) is 4.79 Å². The summed E-state index contributed by atoms with van der Waals surface area (Å²) in [4.78, 5) is 26.1. The Morgan fingerprint density at radius 1 is 1.25 bits per heavy atom. The molecule has 1 N–H and O–H groups in total. The van der Waals surface area contributed by atoms with E-state index in [1.807, 2.05) is 20.8 Å². The third-order valence-corrected chi connectivity index (χ3v) is 9.16. The highest BCUT2D eigenvalue weighted by Gasteiger charge is 2.39. The summed E-state index contributed by atoms with van der Waals surface area (Å²) < 4.78 is 11.6. The highest BCUT2D eigenvalue weighted by molar-refractivity contribution is 6.74. The number of nitrogens with zero attached hydrogens (tertiary/aromatic N) is 1. The van der Waals surface area contributed by atoms with Crippen LogP contribution in [0.1, 0.15) is 48.0 Å². The third kappa shape index (κ3) is 5.77. The van der Waals surface area contributed by atoms with Crippen molar-refractivity contribution in [2.75, 3.05) is 19.7 Å². The van der Waals surface area contributed by atoms with Crippen molar-refractivity contribution < 1.29 is 18.8 Å². The van der Waals surface area contributed by atoms with Gasteiger partial charge in [0.2, 0.25) is 5.91 Å². The first-order valence-electron chi connectivity index (χ1n) is 8.66. The van der Waals surface area contributed by atoms with Crippen LogP contribution in [0.15, 0.2) is 0 Å². The highest BCUT2D eigenvalue weighted by atomic mass is 28.4. The molecule has 0 aliphatic carbocycles. The molecule has 0 saturated carbocycles. The molecular formula is C17H34N2O4Si. The van der Waals surface area contributed by atoms with Crippen molar-refractivity contribution in [1.82, 2.24) is 10.2 Å². The third-order valence-electron chi connectivity index (χ3n) is 4.62. The average molecular weight is 359 g/mol. The summed E-state index contributed by atoms with van der Waals surface area (Å²) in [5, 5.41) is 2.94. The minimum Gasteiger partial charge on any atom is -0.444 e. The van der Waals surface area contributed by atoms with Crippen LogP contribution in [0.2, 0.25) is 18.1 Å². The van der Waals surface area contributed by atoms with Gasteiger partial charge in [0.25, 0.3) is 0 Å². The second-order valence-electron chi connectivity index (χ2n) is 8.88. The van der Waals surface area contributed by atoms with Crippen LogP contribution >= 0.6 is 0 Å². The lowest BCUT2D eigenvalue weighted by atomic mass is 10.1. The number of carbonyl (C=O) groups excluding carboxylic acids is 2. The van der Waals surface area contributed by atoms with Gasteiger partial charge in [-0.1, -0.05) is 20.8 Å². The number of carbonyl (C=O) groups is 2. The lowest BCUT2D eigenvalue weighted by Crippen LogP contribution is -2.58. The van der Waals surface area contributed by atoms with Gasteiger partial charge in [-0.15, -0.1) is 0 Å². The first-order valence-corrected chi connectivity index (χ1v) is 11.6. The molecule has 1 aliphatic rings. The number of piperazine rings is 1. The van der Waals surface area contributed by atoms with Crippen molar-refractivity contribution in [1.29, 1.82) is 0 Å². The van der Waals surface area contributed by atoms with Crippen LogP contribution in [0.3, 0.4) is 0 Å². The highest BCUT2D eigenvalue weighted by Crippen LogP contribution is 2.36. The summed E-state index contributed by atoms with van der Waals surface area (Å²) >= 11 is 0. The molecule has 24 heavy (non-hydrogen) atoms. The maximum Gasteiger partial charge on any atom is 0.411 e. The minimum atomic E-state index is -1.87. The van der Waals surface area contributed by atoms with Crippen LogP contribution < -0.4 is 5.32 Å². The van der Waals surface area contributed by atoms with Gasteiger partial charge in [0.1, 0.15) is 11.6 Å². The molecule has 1 unspecified atom stereocenters. The predicted octanol–water partition coefficient (Wildman–Crippen LogP) is 3.13. The molecule has 1 aliphatic heterocycles. The van der Waals surface area contributed by atoms with Gasteiger partial charge in [-0.3, -0.25) is 9.69 Å². The van der Waals surface area contributed by atoms with E-state index in [4.69, 9.17) is 9.16 Å². The summed E-state index contributed by atoms with van der Waals surface area (Å²) in [6.07, 6.45) is 0.0482. The van der Waals surface area contributed by atoms with Gasteiger partial charge >= 0.3 is 6.09 Å². The summed E-state index contributed by atoms with van der Waals surface area (Å²) in [6.45, 7) is 17.8. The number of nitrogens with one attached hydrogen (secondary N) is 1. The zero-order valence-electron chi connectivity index (χ0n) is 16.5. The Balaban J connectivity index is 2.71. The lowest BCUT2D eigenvalue weighted by Gasteiger charge is -2.38. The maximum absolute atomic E-state index is 12.4. The quantitative estimate of drug-likeness (QED) is 0.784. The van der Waals surface area contributed by atoms with Gasteiger partial charge in [-0.2, -0.15) is 0 Å². The second kappa shape index (κ2) is 7.43. The molecular weight excluding hydrogens is 324 g/mol. The standard InChI is InChI=1S/C17H34N2O4Si/c1-16(2,3)23-15(21)19-11-10-18-14(20)13(19)9-12-22-24(7,8)17(4,5)6/h13H,9-12H2,1-8H3,(H,18,20). The van der Waals surface area contributed by atoms with Gasteiger partial charge in [-0.05, 0) is 45.3 Å². The molecule has 1 fully saturated rings. The average Bonchev–Trinajstić information content (AvgIpc) is 2.37. The molecule has 1 atom stereocenters. The lowest BCUT2D eigenvalue weighted by molar-refractivity contribution is -0.129. The topological polar surface area (TPSA) is 67.9 Å². The predicted molar refractivity (Wildman–Crippen MR) is 97.5 cm³/mol. The summed E-state index contributed by atoms with van der Waals surface area (Å²) in [7, 11) is -1.87. The number of ether oxygens (including phenoxy) is 1. The monoisotopic (exact) mass is 358 g/mol. The molecule has 0 aromatic heterocycles. The van der Waals surface area contributed by atoms with Crippen LogP contribution in [-0.2, 0) is 14.0 Å². The van der Waals surface area contributed by atoms with E-state index in [1.54, 1.807) is 0 Å². The van der Waals surface area contributed by atoms with Crippen LogP contribution in [0.25, 0.3) is 0 Å². The van der Waals surface area contributed by atoms with E-state index in [0.29, 0.717) is 26.1 Å². The molecule has 2 amide bonds. The summed E-state index contributed by atoms with van der Waals surface area (Å²) in [5.41, 5.74) is -0.576. The Labute approximate surface area is 147 Å². The van der Waals surface area contributed by atoms with Crippen molar-refractivity contribution in [2.45, 2.75) is 77.7 Å². The Kier molecular flexibility index (Phi) is 6.49. The van der Waals surface area contributed by atoms with Crippen LogP contribution in [0, 0.1) is 0 Å². The smallest absolute Gasteiger partial charge is 0.411 e. The fraction of sp³-hybridized carbons (Fsp3) is 0.882. The molecule has 1 saturated heterocycles. The number of hydrogen-bond donors (Lipinski definition) is 1. The van der Waals surface area contributed by atoms with Crippen molar-refractivity contribution in [3.05, 3.63) is 0 Å². The van der Waals surface area contributed by atoms with E-state index in [2.05, 4.69) is 39.2 Å². The van der Waals surface area contributed by atoms with Crippen molar-refractivity contribution in [3.63, 3.8) is 0 Å². The molecule has 1 heterocycles. The van der Waals surface area contributed by atoms with E-state index < -0.39 is 26.1 Å². The van der Waals surface area contributed by atoms with Gasteiger partial charge in [0.05, 0.1) is 0 Å². The SMILES string of the molecule is CC(C)(C)OC(=O)N1CCNC(=O)C1CCO[Si](C)(C)C(C)(C)C. The summed E-state index contributed by atoms with van der Waals surface area (Å²) in [6, 6.07) is -0.529. The second-order valence-corrected chi connectivity index (χ2v) is 13.7. The first kappa shape index (κ1) is 21.0. The Morgan fingerprint density at radius 3 is 2.33 bits per heavy atom. The molecule has 6 nitrogen and oxygen atoms in total. The molecule has 1 rings (SSSR count). The van der Waals surface area contributed by atoms with Gasteiger partial charge in [0, 0.05) is 19.7 Å². The van der Waals surface area contributed by atoms with E-state index in [1.165, 1.54) is 4.90 Å². The molecule has 0 spiro atoms. The van der Waals surface area contributed by atoms with Gasteiger partial charge in [0.15, 0.2) is 8.32 Å². The zero-order valence-corrected chi connectivity index (χ0v) is 17.5. The van der Waals surface area contributed by atoms with Crippen LogP contribution in [0.5, 0.6) is 0 Å². The minimum absolute atomic E-state index is 0.118. The molecule has 140 valence electrons. The van der Waals surface area contributed by atoms with E-state index in [-0.39, 0.29) is 10.9 Å². The molecule has 0 aromatic rings. The summed E-state index contributed by atoms with van der Waals surface area (Å²) in [5.74, 6) is -0.133. The van der Waals surface area contributed by atoms with Crippen LogP contribution in [-0.4, -0.2) is 56.6 Å². The van der Waals surface area contributed by atoms with Crippen molar-refractivity contribution in [2.24, 2.45) is 0 Å². The van der Waals surface area contributed by atoms with Crippen molar-refractivity contribution in [3.8, 4) is 0 Å². The Hall–Kier alpha value is -1.08. The molecule has 7 heteroatoms. The zero-order chi connectivity index (χ0) is 18.8. The number of rotatable bonds is 4. The maximum atomic E-state index is 12.4. The molecule has 0 aromatic carbocycles. The largest absolute Gasteiger partial charge is 0.444 e. The Morgan fingerprint density at radius 2 is 1.83 bits per heavy atom. The Bertz CT molecular complexity index is 466. The van der Waals surface area contributed by atoms with E-state index >= 15 is 0 Å². The number of amides is 2. The van der Waals surface area contributed by atoms with E-state index in [0.717, 1.165) is 0 Å². The fourth-order valence-corrected chi connectivity index (χ4v) is 3.24. The fourth-order valence-electron chi connectivity index (χ4n) is 2.18. The normalized spacial score (nSPS) is 19.9.